The Hall–Kier alpha value is -2.44. The molecular weight excluding hydrogens is 409 g/mol. The van der Waals surface area contributed by atoms with Crippen LogP contribution in [0.4, 0.5) is 0 Å². The summed E-state index contributed by atoms with van der Waals surface area (Å²) >= 11 is 0. The summed E-state index contributed by atoms with van der Waals surface area (Å²) in [6.07, 6.45) is 3.58. The summed E-state index contributed by atoms with van der Waals surface area (Å²) in [7, 11) is 6.64. The van der Waals surface area contributed by atoms with Gasteiger partial charge in [0.15, 0.2) is 0 Å². The molecular formula is C28H37BNO3+. The normalized spacial score (nSPS) is 19.8. The van der Waals surface area contributed by atoms with Crippen LogP contribution in [0, 0.1) is 0 Å². The van der Waals surface area contributed by atoms with Crippen LogP contribution < -0.4 is 0 Å². The smallest absolute Gasteiger partial charge is 0.402 e. The van der Waals surface area contributed by atoms with Crippen molar-refractivity contribution in [1.29, 1.82) is 0 Å². The summed E-state index contributed by atoms with van der Waals surface area (Å²) < 4.78 is 7.10. The van der Waals surface area contributed by atoms with Crippen molar-refractivity contribution in [3.8, 4) is 0 Å². The van der Waals surface area contributed by atoms with Gasteiger partial charge in [-0.25, -0.2) is 0 Å². The molecule has 0 spiro atoms. The molecule has 0 bridgehead atoms. The lowest BCUT2D eigenvalue weighted by molar-refractivity contribution is -0.849. The van der Waals surface area contributed by atoms with Gasteiger partial charge < -0.3 is 19.2 Å². The minimum Gasteiger partial charge on any atom is -0.402 e. The lowest BCUT2D eigenvalue weighted by Gasteiger charge is -2.55. The largest absolute Gasteiger partial charge is 0.634 e. The standard InChI is InChI=1S/C24H25BO3.C4H12N/c26-25(27)28-24(22-16-8-3-9-17-22)19-11-10-18-23(24,20-12-4-1-5-13-20)21-14-6-2-7-15-21;1-5(2,3)4/h1-9,12-17,26-27H,10-11,18-19H2;1-4H3/q;+1. The van der Waals surface area contributed by atoms with E-state index >= 15 is 0 Å². The number of quaternary nitrogens is 1. The van der Waals surface area contributed by atoms with E-state index in [1.54, 1.807) is 0 Å². The first-order valence-electron chi connectivity index (χ1n) is 11.7. The number of hydrogen-bond donors (Lipinski definition) is 2. The van der Waals surface area contributed by atoms with Crippen molar-refractivity contribution in [3.63, 3.8) is 0 Å². The zero-order chi connectivity index (χ0) is 24.0. The molecule has 0 aromatic heterocycles. The van der Waals surface area contributed by atoms with Crippen LogP contribution in [0.3, 0.4) is 0 Å². The van der Waals surface area contributed by atoms with Crippen LogP contribution in [0.15, 0.2) is 91.0 Å². The third-order valence-electron chi connectivity index (χ3n) is 6.10. The minimum atomic E-state index is -1.86. The summed E-state index contributed by atoms with van der Waals surface area (Å²) in [5.74, 6) is 0. The van der Waals surface area contributed by atoms with Crippen molar-refractivity contribution < 1.29 is 19.2 Å². The molecule has 4 nitrogen and oxygen atoms in total. The van der Waals surface area contributed by atoms with Crippen molar-refractivity contribution in [3.05, 3.63) is 108 Å². The van der Waals surface area contributed by atoms with E-state index in [1.165, 1.54) is 0 Å². The fraction of sp³-hybridized carbons (Fsp3) is 0.357. The van der Waals surface area contributed by atoms with Crippen LogP contribution in [-0.2, 0) is 15.7 Å². The topological polar surface area (TPSA) is 49.7 Å². The van der Waals surface area contributed by atoms with Crippen LogP contribution in [0.1, 0.15) is 42.4 Å². The lowest BCUT2D eigenvalue weighted by Crippen LogP contribution is -2.56. The van der Waals surface area contributed by atoms with Gasteiger partial charge in [-0.3, -0.25) is 0 Å². The molecule has 33 heavy (non-hydrogen) atoms. The Bertz CT molecular complexity index is 929. The van der Waals surface area contributed by atoms with E-state index in [2.05, 4.69) is 52.5 Å². The van der Waals surface area contributed by atoms with Gasteiger partial charge >= 0.3 is 7.32 Å². The van der Waals surface area contributed by atoms with E-state index in [4.69, 9.17) is 4.65 Å². The van der Waals surface area contributed by atoms with E-state index in [1.807, 2.05) is 66.7 Å². The summed E-state index contributed by atoms with van der Waals surface area (Å²) in [5.41, 5.74) is 1.81. The maximum atomic E-state index is 9.99. The van der Waals surface area contributed by atoms with Crippen molar-refractivity contribution in [2.45, 2.75) is 36.7 Å². The van der Waals surface area contributed by atoms with E-state index < -0.39 is 18.3 Å². The second-order valence-corrected chi connectivity index (χ2v) is 10.2. The molecule has 1 aliphatic rings. The lowest BCUT2D eigenvalue weighted by atomic mass is 9.54. The molecule has 0 aliphatic heterocycles. The van der Waals surface area contributed by atoms with Crippen LogP contribution in [-0.4, -0.2) is 50.0 Å². The monoisotopic (exact) mass is 446 g/mol. The number of benzene rings is 3. The molecule has 1 saturated carbocycles. The quantitative estimate of drug-likeness (QED) is 0.439. The molecule has 4 rings (SSSR count). The molecule has 1 aliphatic carbocycles. The SMILES string of the molecule is C[N+](C)(C)C.OB(O)OC1(c2ccccc2)CCCCC1(c1ccccc1)c1ccccc1. The molecule has 1 unspecified atom stereocenters. The molecule has 2 N–H and O–H groups in total. The van der Waals surface area contributed by atoms with Crippen molar-refractivity contribution in [1.82, 2.24) is 0 Å². The second kappa shape index (κ2) is 10.7. The molecule has 3 aromatic rings. The second-order valence-electron chi connectivity index (χ2n) is 10.2. The van der Waals surface area contributed by atoms with Crippen LogP contribution in [0.2, 0.25) is 0 Å². The van der Waals surface area contributed by atoms with Gasteiger partial charge in [0.2, 0.25) is 0 Å². The van der Waals surface area contributed by atoms with Gasteiger partial charge in [-0.1, -0.05) is 104 Å². The van der Waals surface area contributed by atoms with Crippen LogP contribution >= 0.6 is 0 Å². The highest BCUT2D eigenvalue weighted by molar-refractivity contribution is 6.32. The first-order chi connectivity index (χ1) is 15.7. The highest BCUT2D eigenvalue weighted by atomic mass is 16.6. The minimum absolute atomic E-state index is 0.529. The summed E-state index contributed by atoms with van der Waals surface area (Å²) in [4.78, 5) is 0. The van der Waals surface area contributed by atoms with E-state index in [0.29, 0.717) is 6.42 Å². The Kier molecular flexibility index (Phi) is 8.14. The van der Waals surface area contributed by atoms with Gasteiger partial charge in [0, 0.05) is 0 Å². The highest BCUT2D eigenvalue weighted by Gasteiger charge is 2.57. The van der Waals surface area contributed by atoms with Crippen LogP contribution in [0.5, 0.6) is 0 Å². The first kappa shape index (κ1) is 25.2. The Morgan fingerprint density at radius 2 is 1.00 bits per heavy atom. The predicted molar refractivity (Wildman–Crippen MR) is 135 cm³/mol. The maximum absolute atomic E-state index is 9.99. The predicted octanol–water partition coefficient (Wildman–Crippen LogP) is 4.75. The molecule has 3 aromatic carbocycles. The zero-order valence-corrected chi connectivity index (χ0v) is 20.3. The third-order valence-corrected chi connectivity index (χ3v) is 6.10. The Balaban J connectivity index is 0.000000555. The van der Waals surface area contributed by atoms with Crippen molar-refractivity contribution >= 4 is 7.32 Å². The van der Waals surface area contributed by atoms with Crippen LogP contribution in [0.25, 0.3) is 0 Å². The number of rotatable bonds is 5. The molecule has 0 heterocycles. The molecule has 174 valence electrons. The van der Waals surface area contributed by atoms with Crippen molar-refractivity contribution in [2.75, 3.05) is 28.2 Å². The average Bonchev–Trinajstić information content (AvgIpc) is 2.80. The number of nitrogens with zero attached hydrogens (tertiary/aromatic N) is 1. The molecule has 5 heteroatoms. The maximum Gasteiger partial charge on any atom is 0.634 e. The average molecular weight is 446 g/mol. The summed E-state index contributed by atoms with van der Waals surface area (Å²) in [6, 6.07) is 30.7. The molecule has 0 saturated heterocycles. The fourth-order valence-corrected chi connectivity index (χ4v) is 5.05. The third kappa shape index (κ3) is 5.74. The fourth-order valence-electron chi connectivity index (χ4n) is 5.05. The molecule has 1 fully saturated rings. The molecule has 0 amide bonds. The summed E-state index contributed by atoms with van der Waals surface area (Å²) in [5, 5.41) is 20.0. The van der Waals surface area contributed by atoms with Gasteiger partial charge in [0.1, 0.15) is 0 Å². The van der Waals surface area contributed by atoms with E-state index in [9.17, 15) is 10.0 Å². The highest BCUT2D eigenvalue weighted by Crippen LogP contribution is 2.58. The number of hydrogen-bond acceptors (Lipinski definition) is 3. The van der Waals surface area contributed by atoms with Gasteiger partial charge in [-0.05, 0) is 29.5 Å². The van der Waals surface area contributed by atoms with Gasteiger partial charge in [-0.15, -0.1) is 0 Å². The Morgan fingerprint density at radius 3 is 1.39 bits per heavy atom. The molecule has 0 radical (unpaired) electrons. The van der Waals surface area contributed by atoms with Gasteiger partial charge in [0.05, 0.1) is 39.2 Å². The van der Waals surface area contributed by atoms with Crippen molar-refractivity contribution in [2.24, 2.45) is 0 Å². The van der Waals surface area contributed by atoms with E-state index in [-0.39, 0.29) is 0 Å². The Labute approximate surface area is 199 Å². The molecule has 1 atom stereocenters. The zero-order valence-electron chi connectivity index (χ0n) is 20.3. The first-order valence-corrected chi connectivity index (χ1v) is 11.7. The Morgan fingerprint density at radius 1 is 0.636 bits per heavy atom. The van der Waals surface area contributed by atoms with E-state index in [0.717, 1.165) is 40.4 Å². The van der Waals surface area contributed by atoms with Gasteiger partial charge in [0.25, 0.3) is 0 Å². The summed E-state index contributed by atoms with van der Waals surface area (Å²) in [6.45, 7) is 0. The van der Waals surface area contributed by atoms with Gasteiger partial charge in [-0.2, -0.15) is 0 Å².